The third-order valence-corrected chi connectivity index (χ3v) is 8.12. The Morgan fingerprint density at radius 3 is 2.44 bits per heavy atom. The predicted octanol–water partition coefficient (Wildman–Crippen LogP) is 7.65. The Morgan fingerprint density at radius 1 is 1.03 bits per heavy atom. The van der Waals surface area contributed by atoms with Gasteiger partial charge in [0, 0.05) is 18.3 Å². The Kier molecular flexibility index (Phi) is 7.73. The predicted molar refractivity (Wildman–Crippen MR) is 150 cm³/mol. The van der Waals surface area contributed by atoms with Gasteiger partial charge in [-0.15, -0.1) is 0 Å². The van der Waals surface area contributed by atoms with Crippen LogP contribution in [0.2, 0.25) is 0 Å². The zero-order chi connectivity index (χ0) is 22.8. The molecule has 0 aliphatic carbocycles. The van der Waals surface area contributed by atoms with Crippen molar-refractivity contribution in [1.29, 1.82) is 0 Å². The number of aryl methyl sites for hydroxylation is 1. The Balaban J connectivity index is 1.57. The summed E-state index contributed by atoms with van der Waals surface area (Å²) < 4.78 is 15.3. The first-order chi connectivity index (χ1) is 15.3. The number of hydrogen-bond donors (Lipinski definition) is 0. The highest BCUT2D eigenvalue weighted by molar-refractivity contribution is 14.1. The van der Waals surface area contributed by atoms with Crippen molar-refractivity contribution in [2.24, 2.45) is 4.99 Å². The van der Waals surface area contributed by atoms with Gasteiger partial charge in [0.1, 0.15) is 12.4 Å². The highest BCUT2D eigenvalue weighted by Crippen LogP contribution is 2.36. The second-order valence-corrected chi connectivity index (χ2v) is 11.0. The lowest BCUT2D eigenvalue weighted by molar-refractivity contribution is -0.129. The minimum atomic E-state index is -0.470. The van der Waals surface area contributed by atoms with Crippen molar-refractivity contribution < 1.29 is 14.3 Å². The summed E-state index contributed by atoms with van der Waals surface area (Å²) in [4.78, 5) is 16.8. The van der Waals surface area contributed by atoms with Crippen LogP contribution in [0.4, 0.5) is 0 Å². The van der Waals surface area contributed by atoms with Crippen molar-refractivity contribution in [3.8, 4) is 5.75 Å². The van der Waals surface area contributed by atoms with Gasteiger partial charge in [-0.05, 0) is 138 Å². The van der Waals surface area contributed by atoms with Crippen molar-refractivity contribution in [3.05, 3.63) is 98.6 Å². The van der Waals surface area contributed by atoms with Crippen molar-refractivity contribution in [2.75, 3.05) is 0 Å². The van der Waals surface area contributed by atoms with E-state index in [0.717, 1.165) is 38.3 Å². The van der Waals surface area contributed by atoms with Crippen molar-refractivity contribution in [2.45, 2.75) is 13.5 Å². The van der Waals surface area contributed by atoms with E-state index in [9.17, 15) is 4.79 Å². The SMILES string of the molecule is Cc1cc(C2=N/C(=C\c3cc(Br)c(OCc4ccccc4I)c(Br)c3)C(=O)O2)ccc1I. The van der Waals surface area contributed by atoms with Crippen LogP contribution in [0, 0.1) is 14.1 Å². The van der Waals surface area contributed by atoms with Gasteiger partial charge in [0.25, 0.3) is 0 Å². The average molecular weight is 779 g/mol. The van der Waals surface area contributed by atoms with Gasteiger partial charge >= 0.3 is 5.97 Å². The monoisotopic (exact) mass is 777 g/mol. The molecule has 0 N–H and O–H groups in total. The highest BCUT2D eigenvalue weighted by Gasteiger charge is 2.24. The minimum Gasteiger partial charge on any atom is -0.486 e. The zero-order valence-corrected chi connectivity index (χ0v) is 24.2. The molecule has 4 rings (SSSR count). The van der Waals surface area contributed by atoms with Gasteiger partial charge in [0.2, 0.25) is 5.90 Å². The van der Waals surface area contributed by atoms with E-state index in [0.29, 0.717) is 18.3 Å². The average Bonchev–Trinajstić information content (AvgIpc) is 3.11. The normalized spacial score (nSPS) is 14.5. The lowest BCUT2D eigenvalue weighted by atomic mass is 10.1. The highest BCUT2D eigenvalue weighted by atomic mass is 127. The molecule has 3 aromatic carbocycles. The third-order valence-electron chi connectivity index (χ3n) is 4.68. The van der Waals surface area contributed by atoms with E-state index in [4.69, 9.17) is 9.47 Å². The van der Waals surface area contributed by atoms with Crippen molar-refractivity contribution in [3.63, 3.8) is 0 Å². The molecule has 0 saturated carbocycles. The number of nitrogens with zero attached hydrogens (tertiary/aromatic N) is 1. The Labute approximate surface area is 230 Å². The molecule has 4 nitrogen and oxygen atoms in total. The first kappa shape index (κ1) is 23.9. The van der Waals surface area contributed by atoms with Gasteiger partial charge in [-0.1, -0.05) is 18.2 Å². The molecule has 0 saturated heterocycles. The molecule has 1 aliphatic heterocycles. The van der Waals surface area contributed by atoms with Crippen LogP contribution in [0.1, 0.15) is 22.3 Å². The molecule has 0 amide bonds. The lowest BCUT2D eigenvalue weighted by Crippen LogP contribution is -2.05. The molecule has 0 fully saturated rings. The molecule has 0 unspecified atom stereocenters. The van der Waals surface area contributed by atoms with E-state index in [-0.39, 0.29) is 5.70 Å². The summed E-state index contributed by atoms with van der Waals surface area (Å²) in [6.45, 7) is 2.46. The molecule has 0 aromatic heterocycles. The van der Waals surface area contributed by atoms with E-state index < -0.39 is 5.97 Å². The number of carbonyl (C=O) groups is 1. The van der Waals surface area contributed by atoms with Gasteiger partial charge in [0.05, 0.1) is 8.95 Å². The zero-order valence-electron chi connectivity index (χ0n) is 16.7. The van der Waals surface area contributed by atoms with Gasteiger partial charge in [-0.3, -0.25) is 0 Å². The van der Waals surface area contributed by atoms with Crippen LogP contribution in [0.15, 0.2) is 74.2 Å². The van der Waals surface area contributed by atoms with Crippen LogP contribution in [0.5, 0.6) is 5.75 Å². The molecule has 8 heteroatoms. The van der Waals surface area contributed by atoms with Crippen molar-refractivity contribution >= 4 is 95.0 Å². The van der Waals surface area contributed by atoms with Crippen LogP contribution in [0.3, 0.4) is 0 Å². The number of cyclic esters (lactones) is 1. The molecule has 0 radical (unpaired) electrons. The fourth-order valence-corrected chi connectivity index (χ4v) is 5.36. The molecular weight excluding hydrogens is 764 g/mol. The summed E-state index contributed by atoms with van der Waals surface area (Å²) in [5.41, 5.74) is 4.04. The molecule has 0 bridgehead atoms. The molecule has 1 heterocycles. The molecular formula is C24H15Br2I2NO3. The Hall–Kier alpha value is -1.24. The smallest absolute Gasteiger partial charge is 0.363 e. The van der Waals surface area contributed by atoms with Crippen LogP contribution in [-0.4, -0.2) is 11.9 Å². The maximum absolute atomic E-state index is 12.4. The maximum Gasteiger partial charge on any atom is 0.363 e. The van der Waals surface area contributed by atoms with Gasteiger partial charge in [-0.25, -0.2) is 9.79 Å². The molecule has 32 heavy (non-hydrogen) atoms. The van der Waals surface area contributed by atoms with Gasteiger partial charge in [-0.2, -0.15) is 0 Å². The first-order valence-corrected chi connectivity index (χ1v) is 13.2. The molecule has 0 atom stereocenters. The lowest BCUT2D eigenvalue weighted by Gasteiger charge is -2.12. The minimum absolute atomic E-state index is 0.252. The van der Waals surface area contributed by atoms with Crippen LogP contribution in [-0.2, 0) is 16.1 Å². The molecule has 0 spiro atoms. The summed E-state index contributed by atoms with van der Waals surface area (Å²) in [6, 6.07) is 17.7. The van der Waals surface area contributed by atoms with Crippen molar-refractivity contribution in [1.82, 2.24) is 0 Å². The number of esters is 1. The van der Waals surface area contributed by atoms with Crippen LogP contribution < -0.4 is 4.74 Å². The summed E-state index contributed by atoms with van der Waals surface area (Å²) in [5, 5.41) is 0. The molecule has 3 aromatic rings. The number of rotatable bonds is 5. The summed E-state index contributed by atoms with van der Waals surface area (Å²) in [6.07, 6.45) is 1.70. The number of aliphatic imine (C=N–C) groups is 1. The number of benzene rings is 3. The molecule has 162 valence electrons. The number of ether oxygens (including phenoxy) is 2. The first-order valence-electron chi connectivity index (χ1n) is 9.46. The topological polar surface area (TPSA) is 47.9 Å². The van der Waals surface area contributed by atoms with E-state index in [1.165, 1.54) is 0 Å². The Morgan fingerprint density at radius 2 is 1.75 bits per heavy atom. The van der Waals surface area contributed by atoms with E-state index in [1.54, 1.807) is 6.08 Å². The summed E-state index contributed by atoms with van der Waals surface area (Å²) in [7, 11) is 0. The van der Waals surface area contributed by atoms with Crippen LogP contribution >= 0.6 is 77.0 Å². The second kappa shape index (κ2) is 10.4. The summed E-state index contributed by atoms with van der Waals surface area (Å²) >= 11 is 11.7. The third kappa shape index (κ3) is 5.45. The second-order valence-electron chi connectivity index (χ2n) is 6.99. The number of hydrogen-bond acceptors (Lipinski definition) is 4. The number of halogens is 4. The standard InChI is InChI=1S/C24H15Br2I2NO3/c1-13-8-15(6-7-19(13)27)23-29-21(24(30)32-23)11-14-9-17(25)22(18(26)10-14)31-12-16-4-2-3-5-20(16)28/h2-11H,12H2,1H3/b21-11-. The van der Waals surface area contributed by atoms with E-state index in [1.807, 2.05) is 61.5 Å². The van der Waals surface area contributed by atoms with E-state index >= 15 is 0 Å². The van der Waals surface area contributed by atoms with Gasteiger partial charge < -0.3 is 9.47 Å². The fraction of sp³-hybridized carbons (Fsp3) is 0.0833. The fourth-order valence-electron chi connectivity index (χ4n) is 3.03. The van der Waals surface area contributed by atoms with Crippen LogP contribution in [0.25, 0.3) is 6.08 Å². The van der Waals surface area contributed by atoms with Gasteiger partial charge in [0.15, 0.2) is 5.70 Å². The quantitative estimate of drug-likeness (QED) is 0.152. The summed E-state index contributed by atoms with van der Waals surface area (Å²) in [5.74, 6) is 0.540. The largest absolute Gasteiger partial charge is 0.486 e. The number of carbonyl (C=O) groups excluding carboxylic acids is 1. The maximum atomic E-state index is 12.4. The van der Waals surface area contributed by atoms with E-state index in [2.05, 4.69) is 82.0 Å². The Bertz CT molecular complexity index is 1260. The molecule has 1 aliphatic rings.